The van der Waals surface area contributed by atoms with Crippen molar-refractivity contribution >= 4 is 36.1 Å². The van der Waals surface area contributed by atoms with Gasteiger partial charge in [-0.15, -0.1) is 0 Å². The minimum Gasteiger partial charge on any atom is -0.355 e. The summed E-state index contributed by atoms with van der Waals surface area (Å²) in [7, 11) is 1.61. The molecule has 2 fully saturated rings. The van der Waals surface area contributed by atoms with Gasteiger partial charge in [-0.3, -0.25) is 9.59 Å². The summed E-state index contributed by atoms with van der Waals surface area (Å²) >= 11 is 6.75. The van der Waals surface area contributed by atoms with E-state index < -0.39 is 0 Å². The summed E-state index contributed by atoms with van der Waals surface area (Å²) in [6.45, 7) is 9.10. The fraction of sp³-hybridized carbons (Fsp3) is 0.667. The summed E-state index contributed by atoms with van der Waals surface area (Å²) < 4.78 is 0. The number of carbonyl (C=O) groups is 2. The topological polar surface area (TPSA) is 46.2 Å². The van der Waals surface area contributed by atoms with Gasteiger partial charge in [0.05, 0.1) is 0 Å². The lowest BCUT2D eigenvalue weighted by molar-refractivity contribution is 0.0961. The number of benzene rings is 1. The first kappa shape index (κ1) is 28.4. The first-order valence-corrected chi connectivity index (χ1v) is 15.2. The van der Waals surface area contributed by atoms with Gasteiger partial charge in [-0.1, -0.05) is 64.7 Å². The maximum absolute atomic E-state index is 13.0. The van der Waals surface area contributed by atoms with E-state index in [1.807, 2.05) is 11.8 Å². The number of ketones is 1. The molecule has 1 aromatic rings. The predicted molar refractivity (Wildman–Crippen MR) is 154 cm³/mol. The highest BCUT2D eigenvalue weighted by molar-refractivity contribution is 8.00. The fourth-order valence-corrected chi connectivity index (χ4v) is 7.92. The second-order valence-electron chi connectivity index (χ2n) is 11.0. The van der Waals surface area contributed by atoms with Gasteiger partial charge in [0, 0.05) is 40.0 Å². The first-order valence-electron chi connectivity index (χ1n) is 13.6. The molecule has 1 amide bonds. The molecule has 3 unspecified atom stereocenters. The molecule has 0 spiro atoms. The number of thioether (sulfide) groups is 1. The normalized spacial score (nSPS) is 26.9. The maximum Gasteiger partial charge on any atom is 0.251 e. The molecule has 2 saturated carbocycles. The van der Waals surface area contributed by atoms with Crippen molar-refractivity contribution < 1.29 is 9.59 Å². The Morgan fingerprint density at radius 1 is 1.03 bits per heavy atom. The largest absolute Gasteiger partial charge is 0.355 e. The van der Waals surface area contributed by atoms with Gasteiger partial charge in [-0.25, -0.2) is 0 Å². The first-order chi connectivity index (χ1) is 16.8. The van der Waals surface area contributed by atoms with Crippen LogP contribution < -0.4 is 5.32 Å². The number of carbonyl (C=O) groups excluding carboxylic acids is 2. The van der Waals surface area contributed by atoms with E-state index in [4.69, 9.17) is 12.6 Å². The third-order valence-corrected chi connectivity index (χ3v) is 10.6. The van der Waals surface area contributed by atoms with Crippen LogP contribution in [0.4, 0.5) is 0 Å². The Morgan fingerprint density at radius 3 is 2.40 bits per heavy atom. The number of hydrogen-bond acceptors (Lipinski definition) is 4. The van der Waals surface area contributed by atoms with Crippen molar-refractivity contribution in [3.63, 3.8) is 0 Å². The molecular weight excluding hydrogens is 470 g/mol. The molecule has 6 atom stereocenters. The van der Waals surface area contributed by atoms with Crippen LogP contribution in [0.25, 0.3) is 0 Å². The van der Waals surface area contributed by atoms with Gasteiger partial charge in [0.1, 0.15) is 0 Å². The minimum absolute atomic E-state index is 0.00766. The van der Waals surface area contributed by atoms with Crippen molar-refractivity contribution in [3.8, 4) is 0 Å². The minimum atomic E-state index is -0.143. The SMILES string of the molecule is C=C(CSC1CCCCCC1C[C@H](C)[C@H](C)[C@H]1CCCC(S)C1)C(=O)c1ccc(C(=O)NC)cc1. The second kappa shape index (κ2) is 13.9. The van der Waals surface area contributed by atoms with E-state index in [9.17, 15) is 9.59 Å². The van der Waals surface area contributed by atoms with Crippen LogP contribution in [0.1, 0.15) is 98.8 Å². The number of rotatable bonds is 10. The smallest absolute Gasteiger partial charge is 0.251 e. The van der Waals surface area contributed by atoms with Crippen LogP contribution in [0, 0.1) is 23.7 Å². The molecule has 0 bridgehead atoms. The number of hydrogen-bond donors (Lipinski definition) is 2. The fourth-order valence-electron chi connectivity index (χ4n) is 6.07. The van der Waals surface area contributed by atoms with Gasteiger partial charge in [-0.05, 0) is 67.9 Å². The molecule has 35 heavy (non-hydrogen) atoms. The Morgan fingerprint density at radius 2 is 1.71 bits per heavy atom. The third-order valence-electron chi connectivity index (χ3n) is 8.52. The predicted octanol–water partition coefficient (Wildman–Crippen LogP) is 7.62. The summed E-state index contributed by atoms with van der Waals surface area (Å²) in [5.41, 5.74) is 1.83. The molecule has 0 saturated heterocycles. The lowest BCUT2D eigenvalue weighted by Crippen LogP contribution is -2.28. The molecule has 0 heterocycles. The van der Waals surface area contributed by atoms with Gasteiger partial charge in [0.25, 0.3) is 5.91 Å². The molecule has 1 aromatic carbocycles. The summed E-state index contributed by atoms with van der Waals surface area (Å²) in [4.78, 5) is 24.7. The number of amides is 1. The van der Waals surface area contributed by atoms with Crippen LogP contribution >= 0.6 is 24.4 Å². The van der Waals surface area contributed by atoms with Crippen LogP contribution in [-0.4, -0.2) is 35.0 Å². The Hall–Kier alpha value is -1.20. The Balaban J connectivity index is 1.56. The molecule has 3 nitrogen and oxygen atoms in total. The van der Waals surface area contributed by atoms with E-state index in [1.165, 1.54) is 64.2 Å². The maximum atomic E-state index is 13.0. The summed E-state index contributed by atoms with van der Waals surface area (Å²) in [6.07, 6.45) is 13.1. The van der Waals surface area contributed by atoms with Crippen molar-refractivity contribution in [2.45, 2.75) is 88.6 Å². The number of nitrogens with one attached hydrogen (secondary N) is 1. The van der Waals surface area contributed by atoms with Crippen molar-refractivity contribution in [1.82, 2.24) is 5.32 Å². The lowest BCUT2D eigenvalue weighted by atomic mass is 9.72. The lowest BCUT2D eigenvalue weighted by Gasteiger charge is -2.36. The van der Waals surface area contributed by atoms with E-state index in [-0.39, 0.29) is 11.7 Å². The summed E-state index contributed by atoms with van der Waals surface area (Å²) in [5.74, 6) is 3.57. The standard InChI is InChI=1S/C30H45NO2S2/c1-20(22(3)25-10-8-11-27(34)18-25)17-26-9-6-5-7-12-28(26)35-19-21(2)29(32)23-13-15-24(16-14-23)30(33)31-4/h13-16,20,22,25-28,34H,2,5-12,17-19H2,1,3-4H3,(H,31,33)/t20-,22-,25-,26?,27?,28?/m0/s1. The highest BCUT2D eigenvalue weighted by Gasteiger charge is 2.32. The van der Waals surface area contributed by atoms with Crippen molar-refractivity contribution in [2.75, 3.05) is 12.8 Å². The van der Waals surface area contributed by atoms with Gasteiger partial charge in [0.2, 0.25) is 0 Å². The summed E-state index contributed by atoms with van der Waals surface area (Å²) in [5, 5.41) is 3.81. The molecule has 194 valence electrons. The van der Waals surface area contributed by atoms with Crippen molar-refractivity contribution in [3.05, 3.63) is 47.5 Å². The van der Waals surface area contributed by atoms with E-state index in [0.717, 1.165) is 23.7 Å². The highest BCUT2D eigenvalue weighted by atomic mass is 32.2. The zero-order valence-corrected chi connectivity index (χ0v) is 23.6. The van der Waals surface area contributed by atoms with E-state index in [2.05, 4.69) is 25.7 Å². The van der Waals surface area contributed by atoms with E-state index >= 15 is 0 Å². The van der Waals surface area contributed by atoms with E-state index in [0.29, 0.717) is 33.0 Å². The number of thiol groups is 1. The average Bonchev–Trinajstić information content (AvgIpc) is 3.10. The monoisotopic (exact) mass is 515 g/mol. The third kappa shape index (κ3) is 8.15. The highest BCUT2D eigenvalue weighted by Crippen LogP contribution is 2.42. The molecule has 0 aliphatic heterocycles. The molecule has 1 N–H and O–H groups in total. The van der Waals surface area contributed by atoms with Crippen LogP contribution in [0.2, 0.25) is 0 Å². The molecule has 0 radical (unpaired) electrons. The van der Waals surface area contributed by atoms with Gasteiger partial charge < -0.3 is 5.32 Å². The van der Waals surface area contributed by atoms with Crippen LogP contribution in [0.3, 0.4) is 0 Å². The van der Waals surface area contributed by atoms with Gasteiger partial charge in [0.15, 0.2) is 5.78 Å². The Kier molecular flexibility index (Phi) is 11.3. The molecule has 2 aliphatic carbocycles. The average molecular weight is 516 g/mol. The zero-order valence-electron chi connectivity index (χ0n) is 21.9. The second-order valence-corrected chi connectivity index (χ2v) is 12.9. The number of Topliss-reactive ketones (excluding diaryl/α,β-unsaturated/α-hetero) is 1. The zero-order chi connectivity index (χ0) is 25.4. The Labute approximate surface area is 223 Å². The molecule has 3 rings (SSSR count). The van der Waals surface area contributed by atoms with E-state index in [1.54, 1.807) is 31.3 Å². The van der Waals surface area contributed by atoms with Crippen LogP contribution in [0.15, 0.2) is 36.4 Å². The van der Waals surface area contributed by atoms with Crippen molar-refractivity contribution in [2.24, 2.45) is 23.7 Å². The van der Waals surface area contributed by atoms with Gasteiger partial charge in [-0.2, -0.15) is 24.4 Å². The van der Waals surface area contributed by atoms with Gasteiger partial charge >= 0.3 is 0 Å². The van der Waals surface area contributed by atoms with Crippen LogP contribution in [0.5, 0.6) is 0 Å². The molecular formula is C30H45NO2S2. The molecule has 2 aliphatic rings. The molecule has 0 aromatic heterocycles. The molecule has 5 heteroatoms. The Bertz CT molecular complexity index is 852. The van der Waals surface area contributed by atoms with Crippen LogP contribution in [-0.2, 0) is 0 Å². The van der Waals surface area contributed by atoms with Crippen molar-refractivity contribution in [1.29, 1.82) is 0 Å². The summed E-state index contributed by atoms with van der Waals surface area (Å²) in [6, 6.07) is 6.89. The quantitative estimate of drug-likeness (QED) is 0.146.